The number of hydrogen-bond acceptors (Lipinski definition) is 4. The van der Waals surface area contributed by atoms with E-state index in [1.807, 2.05) is 10.6 Å². The van der Waals surface area contributed by atoms with Crippen molar-refractivity contribution < 1.29 is 0 Å². The molecular formula is C14H23N5. The lowest BCUT2D eigenvalue weighted by Gasteiger charge is -2.29. The van der Waals surface area contributed by atoms with Crippen LogP contribution in [-0.4, -0.2) is 46.7 Å². The number of nitrogens with zero attached hydrogens (tertiary/aromatic N) is 4. The predicted molar refractivity (Wildman–Crippen MR) is 78.5 cm³/mol. The van der Waals surface area contributed by atoms with E-state index < -0.39 is 0 Å². The maximum absolute atomic E-state index is 4.25. The molecule has 2 aromatic rings. The lowest BCUT2D eigenvalue weighted by molar-refractivity contribution is 0.254. The Kier molecular flexibility index (Phi) is 3.75. The summed E-state index contributed by atoms with van der Waals surface area (Å²) in [6.07, 6.45) is 1.59. The van der Waals surface area contributed by atoms with E-state index in [0.717, 1.165) is 24.6 Å². The fourth-order valence-electron chi connectivity index (χ4n) is 2.42. The van der Waals surface area contributed by atoms with Gasteiger partial charge >= 0.3 is 0 Å². The Hall–Kier alpha value is -1.62. The Morgan fingerprint density at radius 1 is 1.32 bits per heavy atom. The summed E-state index contributed by atoms with van der Waals surface area (Å²) in [5, 5.41) is 7.75. The van der Waals surface area contributed by atoms with Gasteiger partial charge in [-0.05, 0) is 44.1 Å². The number of fused-ring (bicyclic) bond motifs is 1. The van der Waals surface area contributed by atoms with E-state index >= 15 is 0 Å². The van der Waals surface area contributed by atoms with Gasteiger partial charge in [0.15, 0.2) is 5.65 Å². The Balaban J connectivity index is 2.15. The number of hydrogen-bond donors (Lipinski definition) is 1. The van der Waals surface area contributed by atoms with Crippen LogP contribution in [0.3, 0.4) is 0 Å². The van der Waals surface area contributed by atoms with E-state index in [0.29, 0.717) is 0 Å². The fourth-order valence-corrected chi connectivity index (χ4v) is 2.42. The molecule has 104 valence electrons. The van der Waals surface area contributed by atoms with E-state index in [4.69, 9.17) is 0 Å². The minimum atomic E-state index is 0.195. The van der Waals surface area contributed by atoms with Crippen LogP contribution < -0.4 is 5.32 Å². The molecule has 0 atom stereocenters. The Labute approximate surface area is 114 Å². The topological polar surface area (TPSA) is 45.5 Å². The summed E-state index contributed by atoms with van der Waals surface area (Å²) in [6.45, 7) is 8.52. The van der Waals surface area contributed by atoms with E-state index in [9.17, 15) is 0 Å². The minimum Gasteiger partial charge on any atom is -0.369 e. The third kappa shape index (κ3) is 3.44. The van der Waals surface area contributed by atoms with Gasteiger partial charge in [0, 0.05) is 13.1 Å². The smallest absolute Gasteiger partial charge is 0.157 e. The number of aromatic nitrogens is 3. The summed E-state index contributed by atoms with van der Waals surface area (Å²) < 4.78 is 1.85. The summed E-state index contributed by atoms with van der Waals surface area (Å²) in [6, 6.07) is 4.14. The number of aryl methyl sites for hydroxylation is 1. The zero-order valence-electron chi connectivity index (χ0n) is 12.4. The Morgan fingerprint density at radius 2 is 2.05 bits per heavy atom. The predicted octanol–water partition coefficient (Wildman–Crippen LogP) is 2.04. The number of anilines is 1. The first-order chi connectivity index (χ1) is 8.87. The van der Waals surface area contributed by atoms with Gasteiger partial charge < -0.3 is 10.2 Å². The van der Waals surface area contributed by atoms with E-state index in [2.05, 4.69) is 61.2 Å². The first-order valence-corrected chi connectivity index (χ1v) is 6.56. The Bertz CT molecular complexity index is 556. The largest absolute Gasteiger partial charge is 0.369 e. The highest BCUT2D eigenvalue weighted by Crippen LogP contribution is 2.19. The molecule has 0 aliphatic rings. The molecule has 5 heteroatoms. The summed E-state index contributed by atoms with van der Waals surface area (Å²) in [4.78, 5) is 6.45. The van der Waals surface area contributed by atoms with Crippen LogP contribution in [0.2, 0.25) is 0 Å². The Morgan fingerprint density at radius 3 is 2.74 bits per heavy atom. The summed E-state index contributed by atoms with van der Waals surface area (Å²) in [5.41, 5.74) is 2.27. The van der Waals surface area contributed by atoms with Crippen LogP contribution in [0.25, 0.3) is 5.65 Å². The first kappa shape index (κ1) is 13.8. The van der Waals surface area contributed by atoms with Gasteiger partial charge in [-0.1, -0.05) is 13.8 Å². The SMILES string of the molecule is Cc1cc(NCC(C)(C)CN(C)C)n2ncnc2c1. The lowest BCUT2D eigenvalue weighted by atomic mass is 9.93. The molecule has 0 bridgehead atoms. The molecular weight excluding hydrogens is 238 g/mol. The lowest BCUT2D eigenvalue weighted by Crippen LogP contribution is -2.34. The highest BCUT2D eigenvalue weighted by atomic mass is 15.3. The van der Waals surface area contributed by atoms with Crippen LogP contribution in [0, 0.1) is 12.3 Å². The molecule has 0 aliphatic carbocycles. The van der Waals surface area contributed by atoms with Crippen LogP contribution in [0.15, 0.2) is 18.5 Å². The van der Waals surface area contributed by atoms with Crippen LogP contribution >= 0.6 is 0 Å². The zero-order valence-corrected chi connectivity index (χ0v) is 12.4. The van der Waals surface area contributed by atoms with Crippen molar-refractivity contribution in [2.45, 2.75) is 20.8 Å². The van der Waals surface area contributed by atoms with Gasteiger partial charge in [0.1, 0.15) is 12.1 Å². The maximum atomic E-state index is 4.25. The van der Waals surface area contributed by atoms with Crippen molar-refractivity contribution in [2.75, 3.05) is 32.5 Å². The van der Waals surface area contributed by atoms with Crippen LogP contribution in [0.5, 0.6) is 0 Å². The second-order valence-electron chi connectivity index (χ2n) is 6.20. The average Bonchev–Trinajstić information content (AvgIpc) is 2.71. The van der Waals surface area contributed by atoms with Gasteiger partial charge in [0.2, 0.25) is 0 Å². The number of pyridine rings is 1. The van der Waals surface area contributed by atoms with Gasteiger partial charge in [0.25, 0.3) is 0 Å². The molecule has 2 aromatic heterocycles. The third-order valence-electron chi connectivity index (χ3n) is 3.02. The van der Waals surface area contributed by atoms with E-state index in [1.54, 1.807) is 6.33 Å². The third-order valence-corrected chi connectivity index (χ3v) is 3.02. The molecule has 2 rings (SSSR count). The summed E-state index contributed by atoms with van der Waals surface area (Å²) >= 11 is 0. The van der Waals surface area contributed by atoms with Crippen molar-refractivity contribution in [1.82, 2.24) is 19.5 Å². The molecule has 0 aliphatic heterocycles. The van der Waals surface area contributed by atoms with E-state index in [-0.39, 0.29) is 5.41 Å². The molecule has 0 radical (unpaired) electrons. The monoisotopic (exact) mass is 261 g/mol. The molecule has 1 N–H and O–H groups in total. The fraction of sp³-hybridized carbons (Fsp3) is 0.571. The molecule has 0 fully saturated rings. The molecule has 0 aromatic carbocycles. The van der Waals surface area contributed by atoms with Gasteiger partial charge in [0.05, 0.1) is 0 Å². The van der Waals surface area contributed by atoms with Crippen LogP contribution in [0.4, 0.5) is 5.82 Å². The molecule has 0 amide bonds. The van der Waals surface area contributed by atoms with Crippen LogP contribution in [0.1, 0.15) is 19.4 Å². The summed E-state index contributed by atoms with van der Waals surface area (Å²) in [5.74, 6) is 0.999. The van der Waals surface area contributed by atoms with Crippen molar-refractivity contribution in [1.29, 1.82) is 0 Å². The van der Waals surface area contributed by atoms with Gasteiger partial charge in [-0.25, -0.2) is 4.98 Å². The second-order valence-corrected chi connectivity index (χ2v) is 6.20. The molecule has 0 saturated heterocycles. The molecule has 0 unspecified atom stereocenters. The molecule has 0 spiro atoms. The minimum absolute atomic E-state index is 0.195. The molecule has 2 heterocycles. The quantitative estimate of drug-likeness (QED) is 0.894. The van der Waals surface area contributed by atoms with E-state index in [1.165, 1.54) is 5.56 Å². The molecule has 19 heavy (non-hydrogen) atoms. The zero-order chi connectivity index (χ0) is 14.0. The first-order valence-electron chi connectivity index (χ1n) is 6.56. The van der Waals surface area contributed by atoms with Gasteiger partial charge in [-0.15, -0.1) is 0 Å². The summed E-state index contributed by atoms with van der Waals surface area (Å²) in [7, 11) is 4.20. The van der Waals surface area contributed by atoms with Gasteiger partial charge in [-0.2, -0.15) is 9.61 Å². The van der Waals surface area contributed by atoms with Crippen molar-refractivity contribution >= 4 is 11.5 Å². The average molecular weight is 261 g/mol. The number of rotatable bonds is 5. The molecule has 5 nitrogen and oxygen atoms in total. The molecule has 0 saturated carbocycles. The van der Waals surface area contributed by atoms with Crippen molar-refractivity contribution in [3.8, 4) is 0 Å². The standard InChI is InChI=1S/C14H23N5/c1-11-6-12(19-13(7-11)16-10-17-19)15-8-14(2,3)9-18(4)5/h6-7,10,15H,8-9H2,1-5H3. The van der Waals surface area contributed by atoms with Crippen molar-refractivity contribution in [2.24, 2.45) is 5.41 Å². The normalized spacial score (nSPS) is 12.3. The highest BCUT2D eigenvalue weighted by Gasteiger charge is 2.19. The van der Waals surface area contributed by atoms with Crippen molar-refractivity contribution in [3.63, 3.8) is 0 Å². The van der Waals surface area contributed by atoms with Crippen molar-refractivity contribution in [3.05, 3.63) is 24.0 Å². The van der Waals surface area contributed by atoms with Crippen LogP contribution in [-0.2, 0) is 0 Å². The second kappa shape index (κ2) is 5.17. The highest BCUT2D eigenvalue weighted by molar-refractivity contribution is 5.51. The van der Waals surface area contributed by atoms with Gasteiger partial charge in [-0.3, -0.25) is 0 Å². The maximum Gasteiger partial charge on any atom is 0.157 e. The number of nitrogens with one attached hydrogen (secondary N) is 1.